The van der Waals surface area contributed by atoms with Crippen molar-refractivity contribution >= 4 is 28.6 Å². The fourth-order valence-corrected chi connectivity index (χ4v) is 4.47. The van der Waals surface area contributed by atoms with E-state index < -0.39 is 17.0 Å². The van der Waals surface area contributed by atoms with E-state index in [9.17, 15) is 19.1 Å². The van der Waals surface area contributed by atoms with Crippen molar-refractivity contribution in [1.29, 1.82) is 0 Å². The average molecular weight is 480 g/mol. The Kier molecular flexibility index (Phi) is 6.93. The molecule has 0 aliphatic rings. The number of fused-ring (bicyclic) bond motifs is 1. The van der Waals surface area contributed by atoms with E-state index in [1.807, 2.05) is 25.1 Å². The quantitative estimate of drug-likeness (QED) is 0.371. The summed E-state index contributed by atoms with van der Waals surface area (Å²) >= 11 is 0.906. The van der Waals surface area contributed by atoms with Gasteiger partial charge < -0.3 is 9.84 Å². The third kappa shape index (κ3) is 5.09. The molecule has 0 aliphatic carbocycles. The first-order valence-electron chi connectivity index (χ1n) is 10.5. The third-order valence-electron chi connectivity index (χ3n) is 5.38. The second-order valence-corrected chi connectivity index (χ2v) is 8.99. The number of methoxy groups -OCH3 is 1. The van der Waals surface area contributed by atoms with Crippen molar-refractivity contribution in [2.45, 2.75) is 30.0 Å². The maximum atomic E-state index is 14.8. The Hall–Kier alpha value is -3.72. The van der Waals surface area contributed by atoms with Gasteiger partial charge in [0.1, 0.15) is 22.3 Å². The number of rotatable bonds is 8. The number of aromatic nitrogens is 3. The van der Waals surface area contributed by atoms with E-state index in [1.54, 1.807) is 43.5 Å². The van der Waals surface area contributed by atoms with Crippen LogP contribution in [0.2, 0.25) is 0 Å². The summed E-state index contributed by atoms with van der Waals surface area (Å²) in [6.07, 6.45) is 0.0750. The predicted octanol–water partition coefficient (Wildman–Crippen LogP) is 4.55. The zero-order chi connectivity index (χ0) is 24.2. The molecule has 4 rings (SSSR count). The Bertz CT molecular complexity index is 1410. The molecule has 1 atom stereocenters. The normalized spacial score (nSPS) is 12.0. The minimum absolute atomic E-state index is 0.0469. The topological polar surface area (TPSA) is 94.3 Å². The van der Waals surface area contributed by atoms with Gasteiger partial charge in [-0.2, -0.15) is 0 Å². The number of hydrogen-bond acceptors (Lipinski definition) is 6. The summed E-state index contributed by atoms with van der Waals surface area (Å²) in [5.41, 5.74) is 2.55. The summed E-state index contributed by atoms with van der Waals surface area (Å²) in [6, 6.07) is 17.2. The number of thioether (sulfide) groups is 1. The molecule has 0 saturated heterocycles. The average Bonchev–Trinajstić information content (AvgIpc) is 2.84. The monoisotopic (exact) mass is 479 g/mol. The number of ether oxygens (including phenoxy) is 1. The number of halogens is 1. The van der Waals surface area contributed by atoms with Crippen LogP contribution in [0.25, 0.3) is 22.0 Å². The van der Waals surface area contributed by atoms with Crippen molar-refractivity contribution in [2.24, 2.45) is 0 Å². The Labute approximate surface area is 199 Å². The van der Waals surface area contributed by atoms with Gasteiger partial charge in [-0.3, -0.25) is 9.59 Å². The fourth-order valence-electron chi connectivity index (χ4n) is 3.52. The minimum Gasteiger partial charge on any atom is -0.497 e. The highest BCUT2D eigenvalue weighted by molar-refractivity contribution is 8.00. The highest BCUT2D eigenvalue weighted by Crippen LogP contribution is 2.32. The van der Waals surface area contributed by atoms with Crippen LogP contribution in [0.5, 0.6) is 5.75 Å². The molecule has 0 bridgehead atoms. The lowest BCUT2D eigenvalue weighted by Gasteiger charge is -2.14. The van der Waals surface area contributed by atoms with Crippen LogP contribution < -0.4 is 10.3 Å². The van der Waals surface area contributed by atoms with Gasteiger partial charge in [-0.25, -0.2) is 9.07 Å². The maximum Gasteiger partial charge on any atom is 0.317 e. The smallest absolute Gasteiger partial charge is 0.317 e. The lowest BCUT2D eigenvalue weighted by molar-refractivity contribution is -0.136. The maximum absolute atomic E-state index is 14.8. The molecule has 174 valence electrons. The van der Waals surface area contributed by atoms with Crippen molar-refractivity contribution < 1.29 is 19.0 Å². The highest BCUT2D eigenvalue weighted by atomic mass is 32.2. The Morgan fingerprint density at radius 2 is 1.85 bits per heavy atom. The summed E-state index contributed by atoms with van der Waals surface area (Å²) in [4.78, 5) is 24.8. The van der Waals surface area contributed by atoms with Crippen molar-refractivity contribution in [2.75, 3.05) is 7.11 Å². The second kappa shape index (κ2) is 10.0. The van der Waals surface area contributed by atoms with Crippen molar-refractivity contribution in [3.05, 3.63) is 82.4 Å². The number of benzene rings is 3. The number of carboxylic acids is 1. The Morgan fingerprint density at radius 1 is 1.12 bits per heavy atom. The molecule has 1 N–H and O–H groups in total. The van der Waals surface area contributed by atoms with Crippen LogP contribution in [-0.2, 0) is 11.3 Å². The molecule has 0 amide bonds. The van der Waals surface area contributed by atoms with E-state index in [1.165, 1.54) is 6.07 Å². The Morgan fingerprint density at radius 3 is 2.53 bits per heavy atom. The summed E-state index contributed by atoms with van der Waals surface area (Å²) < 4.78 is 21.1. The minimum atomic E-state index is -1.10. The summed E-state index contributed by atoms with van der Waals surface area (Å²) in [5.74, 6) is -0.907. The van der Waals surface area contributed by atoms with Crippen molar-refractivity contribution in [3.63, 3.8) is 0 Å². The molecule has 0 aliphatic heterocycles. The molecule has 1 heterocycles. The van der Waals surface area contributed by atoms with Gasteiger partial charge in [0, 0.05) is 11.4 Å². The van der Waals surface area contributed by atoms with Crippen LogP contribution in [0.3, 0.4) is 0 Å². The zero-order valence-electron chi connectivity index (χ0n) is 18.6. The summed E-state index contributed by atoms with van der Waals surface area (Å²) in [5, 5.41) is 17.1. The van der Waals surface area contributed by atoms with E-state index >= 15 is 0 Å². The molecular weight excluding hydrogens is 457 g/mol. The number of aliphatic carboxylic acids is 1. The Balaban J connectivity index is 1.50. The molecule has 0 spiro atoms. The molecule has 0 fully saturated rings. The highest BCUT2D eigenvalue weighted by Gasteiger charge is 2.22. The first kappa shape index (κ1) is 23.4. The van der Waals surface area contributed by atoms with Gasteiger partial charge in [0.15, 0.2) is 0 Å². The molecule has 1 unspecified atom stereocenters. The molecule has 0 saturated carbocycles. The lowest BCUT2D eigenvalue weighted by atomic mass is 10.1. The van der Waals surface area contributed by atoms with Crippen LogP contribution in [0, 0.1) is 12.7 Å². The lowest BCUT2D eigenvalue weighted by Crippen LogP contribution is -2.27. The van der Waals surface area contributed by atoms with Gasteiger partial charge in [0.2, 0.25) is 0 Å². The fraction of sp³-hybridized carbons (Fsp3) is 0.200. The molecule has 1 aromatic heterocycles. The van der Waals surface area contributed by atoms with Crippen LogP contribution >= 0.6 is 11.8 Å². The molecule has 4 aromatic rings. The summed E-state index contributed by atoms with van der Waals surface area (Å²) in [6.45, 7) is 1.92. The number of carboxylic acid groups (broad SMARTS) is 1. The van der Waals surface area contributed by atoms with Gasteiger partial charge in [0.25, 0.3) is 5.56 Å². The van der Waals surface area contributed by atoms with Gasteiger partial charge >= 0.3 is 5.97 Å². The van der Waals surface area contributed by atoms with Crippen LogP contribution in [0.15, 0.2) is 70.4 Å². The second-order valence-electron chi connectivity index (χ2n) is 7.75. The number of carbonyl (C=O) groups is 1. The zero-order valence-corrected chi connectivity index (χ0v) is 19.4. The standard InChI is InChI=1S/C25H22FN3O4S/c1-15-3-9-21-19(13-15)24(30)29(28-27-21)12-11-23(25(31)32)34-22-10-6-17(14-20(22)26)16-4-7-18(33-2)8-5-16/h3-10,13-14,23H,11-12H2,1-2H3,(H,31,32). The SMILES string of the molecule is COc1ccc(-c2ccc(SC(CCn3nnc4ccc(C)cc4c3=O)C(=O)O)c(F)c2)cc1. The van der Waals surface area contributed by atoms with Gasteiger partial charge in [0.05, 0.1) is 12.5 Å². The van der Waals surface area contributed by atoms with Crippen LogP contribution in [0.1, 0.15) is 12.0 Å². The molecule has 34 heavy (non-hydrogen) atoms. The van der Waals surface area contributed by atoms with E-state index in [0.717, 1.165) is 27.6 Å². The molecule has 3 aromatic carbocycles. The van der Waals surface area contributed by atoms with E-state index in [4.69, 9.17) is 4.74 Å². The van der Waals surface area contributed by atoms with E-state index in [2.05, 4.69) is 10.3 Å². The van der Waals surface area contributed by atoms with Crippen LogP contribution in [0.4, 0.5) is 4.39 Å². The molecular formula is C25H22FN3O4S. The molecule has 9 heteroatoms. The van der Waals surface area contributed by atoms with Gasteiger partial charge in [-0.05, 0) is 60.9 Å². The number of aryl methyl sites for hydroxylation is 2. The molecule has 0 radical (unpaired) electrons. The van der Waals surface area contributed by atoms with E-state index in [-0.39, 0.29) is 23.4 Å². The third-order valence-corrected chi connectivity index (χ3v) is 6.69. The van der Waals surface area contributed by atoms with E-state index in [0.29, 0.717) is 22.2 Å². The number of hydrogen-bond donors (Lipinski definition) is 1. The van der Waals surface area contributed by atoms with Crippen LogP contribution in [-0.4, -0.2) is 38.4 Å². The van der Waals surface area contributed by atoms with Crippen molar-refractivity contribution in [1.82, 2.24) is 15.0 Å². The van der Waals surface area contributed by atoms with Gasteiger partial charge in [-0.1, -0.05) is 35.0 Å². The predicted molar refractivity (Wildman–Crippen MR) is 129 cm³/mol. The summed E-state index contributed by atoms with van der Waals surface area (Å²) in [7, 11) is 1.57. The first-order valence-corrected chi connectivity index (χ1v) is 11.4. The number of nitrogens with zero attached hydrogens (tertiary/aromatic N) is 3. The molecule has 7 nitrogen and oxygen atoms in total. The van der Waals surface area contributed by atoms with Crippen molar-refractivity contribution in [3.8, 4) is 16.9 Å². The largest absolute Gasteiger partial charge is 0.497 e. The van der Waals surface area contributed by atoms with Gasteiger partial charge in [-0.15, -0.1) is 16.9 Å². The first-order chi connectivity index (χ1) is 16.4.